The Labute approximate surface area is 124 Å². The average Bonchev–Trinajstić information content (AvgIpc) is 2.94. The summed E-state index contributed by atoms with van der Waals surface area (Å²) < 4.78 is 1.61. The number of halogens is 1. The number of para-hydroxylation sites is 1. The molecular formula is C14H12ClN3OS. The Bertz CT molecular complexity index is 796. The second kappa shape index (κ2) is 5.34. The molecule has 1 atom stereocenters. The number of alkyl halides is 1. The first-order valence-electron chi connectivity index (χ1n) is 6.17. The Morgan fingerprint density at radius 3 is 2.90 bits per heavy atom. The van der Waals surface area contributed by atoms with Crippen molar-refractivity contribution in [3.63, 3.8) is 0 Å². The first-order chi connectivity index (χ1) is 9.66. The van der Waals surface area contributed by atoms with Crippen LogP contribution in [0.1, 0.15) is 23.8 Å². The van der Waals surface area contributed by atoms with Crippen LogP contribution in [0.4, 0.5) is 0 Å². The molecule has 3 rings (SSSR count). The van der Waals surface area contributed by atoms with E-state index in [1.54, 1.807) is 16.1 Å². The third-order valence-electron chi connectivity index (χ3n) is 3.05. The highest BCUT2D eigenvalue weighted by molar-refractivity contribution is 7.07. The molecule has 0 saturated heterocycles. The predicted molar refractivity (Wildman–Crippen MR) is 81.5 cm³/mol. The van der Waals surface area contributed by atoms with Gasteiger partial charge in [0, 0.05) is 5.38 Å². The number of aromatic nitrogens is 3. The van der Waals surface area contributed by atoms with Crippen molar-refractivity contribution in [2.24, 2.45) is 0 Å². The zero-order chi connectivity index (χ0) is 14.1. The Kier molecular flexibility index (Phi) is 3.54. The Hall–Kier alpha value is -1.72. The van der Waals surface area contributed by atoms with Gasteiger partial charge in [-0.05, 0) is 19.1 Å². The van der Waals surface area contributed by atoms with E-state index in [0.717, 1.165) is 5.69 Å². The number of fused-ring (bicyclic) bond motifs is 1. The fourth-order valence-corrected chi connectivity index (χ4v) is 2.84. The van der Waals surface area contributed by atoms with Gasteiger partial charge in [0.05, 0.1) is 34.0 Å². The van der Waals surface area contributed by atoms with E-state index >= 15 is 0 Å². The highest BCUT2D eigenvalue weighted by Gasteiger charge is 2.15. The van der Waals surface area contributed by atoms with Crippen LogP contribution in [0.5, 0.6) is 0 Å². The van der Waals surface area contributed by atoms with Crippen LogP contribution in [0.25, 0.3) is 10.9 Å². The number of hydrogen-bond donors (Lipinski definition) is 0. The summed E-state index contributed by atoms with van der Waals surface area (Å²) in [5.74, 6) is 0.573. The number of rotatable bonds is 3. The molecule has 0 aliphatic heterocycles. The van der Waals surface area contributed by atoms with Gasteiger partial charge in [0.2, 0.25) is 0 Å². The van der Waals surface area contributed by atoms with E-state index in [4.69, 9.17) is 11.6 Å². The molecule has 4 nitrogen and oxygen atoms in total. The Morgan fingerprint density at radius 1 is 1.40 bits per heavy atom. The lowest BCUT2D eigenvalue weighted by Gasteiger charge is -2.13. The lowest BCUT2D eigenvalue weighted by Crippen LogP contribution is -2.26. The average molecular weight is 306 g/mol. The van der Waals surface area contributed by atoms with Crippen LogP contribution in [0, 0.1) is 0 Å². The normalized spacial score (nSPS) is 12.7. The third kappa shape index (κ3) is 2.34. The van der Waals surface area contributed by atoms with Gasteiger partial charge in [-0.2, -0.15) is 0 Å². The molecule has 2 heterocycles. The minimum absolute atomic E-state index is 0.0777. The van der Waals surface area contributed by atoms with Gasteiger partial charge in [-0.15, -0.1) is 22.9 Å². The molecule has 0 spiro atoms. The molecule has 0 saturated carbocycles. The monoisotopic (exact) mass is 305 g/mol. The van der Waals surface area contributed by atoms with E-state index in [0.29, 0.717) is 23.3 Å². The summed E-state index contributed by atoms with van der Waals surface area (Å²) in [5, 5.41) is 2.18. The van der Waals surface area contributed by atoms with Crippen molar-refractivity contribution in [1.29, 1.82) is 0 Å². The van der Waals surface area contributed by atoms with Gasteiger partial charge < -0.3 is 0 Å². The zero-order valence-electron chi connectivity index (χ0n) is 10.8. The number of hydrogen-bond acceptors (Lipinski definition) is 4. The van der Waals surface area contributed by atoms with Gasteiger partial charge >= 0.3 is 0 Å². The van der Waals surface area contributed by atoms with Gasteiger partial charge in [-0.1, -0.05) is 12.1 Å². The standard InChI is InChI=1S/C14H12ClN3OS/c1-9(15)13-17-12-5-3-2-4-11(12)14(19)18(13)6-10-7-20-8-16-10/h2-5,7-9H,6H2,1H3. The molecule has 2 aromatic heterocycles. The maximum absolute atomic E-state index is 12.6. The molecule has 1 aromatic carbocycles. The van der Waals surface area contributed by atoms with Gasteiger partial charge in [0.15, 0.2) is 0 Å². The lowest BCUT2D eigenvalue weighted by atomic mass is 10.2. The van der Waals surface area contributed by atoms with Crippen LogP contribution in [0.15, 0.2) is 40.0 Å². The van der Waals surface area contributed by atoms with Crippen LogP contribution in [0.2, 0.25) is 0 Å². The summed E-state index contributed by atoms with van der Waals surface area (Å²) in [5.41, 5.74) is 3.19. The lowest BCUT2D eigenvalue weighted by molar-refractivity contribution is 0.669. The molecule has 1 unspecified atom stereocenters. The molecule has 0 fully saturated rings. The first kappa shape index (κ1) is 13.3. The summed E-state index contributed by atoms with van der Waals surface area (Å²) in [6.45, 7) is 2.21. The van der Waals surface area contributed by atoms with Gasteiger partial charge in [-0.25, -0.2) is 9.97 Å². The first-order valence-corrected chi connectivity index (χ1v) is 7.55. The molecule has 102 valence electrons. The van der Waals surface area contributed by atoms with E-state index in [2.05, 4.69) is 9.97 Å². The SMILES string of the molecule is CC(Cl)c1nc2ccccc2c(=O)n1Cc1cscn1. The number of thiazole rings is 1. The summed E-state index contributed by atoms with van der Waals surface area (Å²) >= 11 is 7.68. The third-order valence-corrected chi connectivity index (χ3v) is 3.88. The largest absolute Gasteiger partial charge is 0.289 e. The molecule has 3 aromatic rings. The maximum Gasteiger partial charge on any atom is 0.261 e. The van der Waals surface area contributed by atoms with Crippen LogP contribution >= 0.6 is 22.9 Å². The minimum atomic E-state index is -0.342. The highest BCUT2D eigenvalue weighted by atomic mass is 35.5. The molecule has 0 bridgehead atoms. The molecule has 6 heteroatoms. The predicted octanol–water partition coefficient (Wildman–Crippen LogP) is 3.20. The molecule has 0 N–H and O–H groups in total. The van der Waals surface area contributed by atoms with Crippen molar-refractivity contribution in [1.82, 2.24) is 14.5 Å². The topological polar surface area (TPSA) is 47.8 Å². The van der Waals surface area contributed by atoms with Crippen molar-refractivity contribution in [2.45, 2.75) is 18.8 Å². The van der Waals surface area contributed by atoms with E-state index in [9.17, 15) is 4.79 Å². The van der Waals surface area contributed by atoms with E-state index in [-0.39, 0.29) is 10.9 Å². The summed E-state index contributed by atoms with van der Waals surface area (Å²) in [7, 11) is 0. The van der Waals surface area contributed by atoms with Crippen molar-refractivity contribution < 1.29 is 0 Å². The summed E-state index contributed by atoms with van der Waals surface area (Å²) in [4.78, 5) is 21.4. The molecule has 0 radical (unpaired) electrons. The molecule has 0 aliphatic carbocycles. The number of benzene rings is 1. The Morgan fingerprint density at radius 2 is 2.20 bits per heavy atom. The molecule has 0 amide bonds. The fraction of sp³-hybridized carbons (Fsp3) is 0.214. The van der Waals surface area contributed by atoms with Crippen molar-refractivity contribution in [3.8, 4) is 0 Å². The van der Waals surface area contributed by atoms with Gasteiger partial charge in [0.1, 0.15) is 5.82 Å². The highest BCUT2D eigenvalue weighted by Crippen LogP contribution is 2.19. The van der Waals surface area contributed by atoms with Gasteiger partial charge in [-0.3, -0.25) is 9.36 Å². The Balaban J connectivity index is 2.24. The van der Waals surface area contributed by atoms with Crippen molar-refractivity contribution in [3.05, 3.63) is 57.0 Å². The second-order valence-corrected chi connectivity index (χ2v) is 5.85. The van der Waals surface area contributed by atoms with Crippen LogP contribution in [-0.4, -0.2) is 14.5 Å². The van der Waals surface area contributed by atoms with E-state index < -0.39 is 0 Å². The molecule has 20 heavy (non-hydrogen) atoms. The number of nitrogens with zero attached hydrogens (tertiary/aromatic N) is 3. The molecular weight excluding hydrogens is 294 g/mol. The second-order valence-electron chi connectivity index (χ2n) is 4.47. The van der Waals surface area contributed by atoms with Crippen LogP contribution in [-0.2, 0) is 6.54 Å². The van der Waals surface area contributed by atoms with Crippen molar-refractivity contribution >= 4 is 33.8 Å². The van der Waals surface area contributed by atoms with Crippen molar-refractivity contribution in [2.75, 3.05) is 0 Å². The fourth-order valence-electron chi connectivity index (χ4n) is 2.12. The minimum Gasteiger partial charge on any atom is -0.289 e. The van der Waals surface area contributed by atoms with Gasteiger partial charge in [0.25, 0.3) is 5.56 Å². The quantitative estimate of drug-likeness (QED) is 0.698. The smallest absolute Gasteiger partial charge is 0.261 e. The molecule has 0 aliphatic rings. The van der Waals surface area contributed by atoms with E-state index in [1.165, 1.54) is 11.3 Å². The summed E-state index contributed by atoms with van der Waals surface area (Å²) in [6, 6.07) is 7.31. The summed E-state index contributed by atoms with van der Waals surface area (Å²) in [6.07, 6.45) is 0. The maximum atomic E-state index is 12.6. The zero-order valence-corrected chi connectivity index (χ0v) is 12.4. The van der Waals surface area contributed by atoms with E-state index in [1.807, 2.05) is 30.5 Å². The van der Waals surface area contributed by atoms with Crippen LogP contribution in [0.3, 0.4) is 0 Å². The van der Waals surface area contributed by atoms with Crippen LogP contribution < -0.4 is 5.56 Å².